The zero-order valence-electron chi connectivity index (χ0n) is 8.31. The first-order chi connectivity index (χ1) is 7.20. The minimum atomic E-state index is -0.200. The molecule has 1 aromatic rings. The molecular formula is C8H11BrN4O2. The fourth-order valence-corrected chi connectivity index (χ4v) is 1.93. The molecule has 7 heteroatoms. The van der Waals surface area contributed by atoms with Gasteiger partial charge in [0.1, 0.15) is 0 Å². The fourth-order valence-electron chi connectivity index (χ4n) is 1.43. The maximum absolute atomic E-state index is 12.0. The molecule has 1 aliphatic rings. The van der Waals surface area contributed by atoms with Crippen LogP contribution in [0.25, 0.3) is 0 Å². The third-order valence-electron chi connectivity index (χ3n) is 2.22. The van der Waals surface area contributed by atoms with E-state index in [1.165, 1.54) is 9.75 Å². The van der Waals surface area contributed by atoms with E-state index in [2.05, 4.69) is 26.2 Å². The number of carbonyl (C=O) groups excluding carboxylic acids is 1. The highest BCUT2D eigenvalue weighted by atomic mass is 79.9. The van der Waals surface area contributed by atoms with Gasteiger partial charge >= 0.3 is 0 Å². The van der Waals surface area contributed by atoms with Crippen LogP contribution < -0.4 is 0 Å². The van der Waals surface area contributed by atoms with Crippen LogP contribution in [0, 0.1) is 0 Å². The van der Waals surface area contributed by atoms with Crippen molar-refractivity contribution in [3.8, 4) is 0 Å². The average Bonchev–Trinajstić information content (AvgIpc) is 2.59. The normalized spacial score (nSPS) is 16.8. The third kappa shape index (κ3) is 2.03. The molecule has 82 valence electrons. The molecule has 2 heterocycles. The number of rotatable bonds is 1. The van der Waals surface area contributed by atoms with E-state index in [-0.39, 0.29) is 5.91 Å². The third-order valence-corrected chi connectivity index (χ3v) is 2.75. The summed E-state index contributed by atoms with van der Waals surface area (Å²) in [6, 6.07) is 0. The van der Waals surface area contributed by atoms with E-state index in [4.69, 9.17) is 4.84 Å². The van der Waals surface area contributed by atoms with Gasteiger partial charge in [0.15, 0.2) is 10.3 Å². The Balaban J connectivity index is 2.19. The summed E-state index contributed by atoms with van der Waals surface area (Å²) in [5.74, 6) is -0.200. The van der Waals surface area contributed by atoms with Crippen molar-refractivity contribution in [3.63, 3.8) is 0 Å². The van der Waals surface area contributed by atoms with Gasteiger partial charge in [0, 0.05) is 13.6 Å². The SMILES string of the molecule is Cn1nnc(Br)c1C(=O)N1CCCCO1. The first kappa shape index (κ1) is 10.6. The summed E-state index contributed by atoms with van der Waals surface area (Å²) in [4.78, 5) is 17.2. The van der Waals surface area contributed by atoms with E-state index in [1.807, 2.05) is 0 Å². The van der Waals surface area contributed by atoms with Crippen molar-refractivity contribution >= 4 is 21.8 Å². The Bertz CT molecular complexity index is 353. The van der Waals surface area contributed by atoms with Crippen molar-refractivity contribution in [2.75, 3.05) is 13.2 Å². The predicted molar refractivity (Wildman–Crippen MR) is 54.9 cm³/mol. The van der Waals surface area contributed by atoms with Crippen molar-refractivity contribution in [2.45, 2.75) is 12.8 Å². The van der Waals surface area contributed by atoms with Gasteiger partial charge in [-0.2, -0.15) is 0 Å². The Morgan fingerprint density at radius 3 is 2.87 bits per heavy atom. The minimum absolute atomic E-state index is 0.200. The van der Waals surface area contributed by atoms with Crippen LogP contribution in [0.4, 0.5) is 0 Å². The van der Waals surface area contributed by atoms with Crippen LogP contribution in [0.1, 0.15) is 23.3 Å². The lowest BCUT2D eigenvalue weighted by Gasteiger charge is -2.25. The molecule has 6 nitrogen and oxygen atoms in total. The van der Waals surface area contributed by atoms with Gasteiger partial charge in [-0.25, -0.2) is 9.75 Å². The molecular weight excluding hydrogens is 264 g/mol. The van der Waals surface area contributed by atoms with Crippen molar-refractivity contribution in [1.29, 1.82) is 0 Å². The summed E-state index contributed by atoms with van der Waals surface area (Å²) in [5, 5.41) is 8.88. The van der Waals surface area contributed by atoms with Crippen LogP contribution in [0.2, 0.25) is 0 Å². The Hall–Kier alpha value is -0.950. The maximum atomic E-state index is 12.0. The lowest BCUT2D eigenvalue weighted by atomic mass is 10.3. The zero-order valence-corrected chi connectivity index (χ0v) is 9.90. The molecule has 0 N–H and O–H groups in total. The largest absolute Gasteiger partial charge is 0.298 e. The van der Waals surface area contributed by atoms with Gasteiger partial charge in [-0.05, 0) is 28.8 Å². The van der Waals surface area contributed by atoms with Crippen LogP contribution in [0.15, 0.2) is 4.60 Å². The van der Waals surface area contributed by atoms with Crippen molar-refractivity contribution in [3.05, 3.63) is 10.3 Å². The monoisotopic (exact) mass is 274 g/mol. The average molecular weight is 275 g/mol. The number of nitrogens with zero attached hydrogens (tertiary/aromatic N) is 4. The number of hydroxylamine groups is 2. The molecule has 0 bridgehead atoms. The summed E-state index contributed by atoms with van der Waals surface area (Å²) in [7, 11) is 1.68. The number of hydrogen-bond acceptors (Lipinski definition) is 4. The Morgan fingerprint density at radius 2 is 2.33 bits per heavy atom. The highest BCUT2D eigenvalue weighted by Gasteiger charge is 2.25. The van der Waals surface area contributed by atoms with Gasteiger partial charge in [-0.3, -0.25) is 9.63 Å². The summed E-state index contributed by atoms with van der Waals surface area (Å²) >= 11 is 3.19. The number of halogens is 1. The lowest BCUT2D eigenvalue weighted by Crippen LogP contribution is -2.36. The van der Waals surface area contributed by atoms with Gasteiger partial charge in [0.25, 0.3) is 5.91 Å². The molecule has 0 aromatic carbocycles. The molecule has 1 fully saturated rings. The molecule has 0 saturated carbocycles. The number of carbonyl (C=O) groups is 1. The molecule has 1 amide bonds. The number of amides is 1. The summed E-state index contributed by atoms with van der Waals surface area (Å²) in [6.45, 7) is 1.21. The number of aromatic nitrogens is 3. The first-order valence-corrected chi connectivity index (χ1v) is 5.49. The van der Waals surface area contributed by atoms with Crippen molar-refractivity contribution in [1.82, 2.24) is 20.1 Å². The van der Waals surface area contributed by atoms with Crippen LogP contribution in [0.3, 0.4) is 0 Å². The summed E-state index contributed by atoms with van der Waals surface area (Å²) in [6.07, 6.45) is 1.96. The van der Waals surface area contributed by atoms with Crippen molar-refractivity contribution < 1.29 is 9.63 Å². The smallest absolute Gasteiger partial charge is 0.271 e. The summed E-state index contributed by atoms with van der Waals surface area (Å²) in [5.41, 5.74) is 0.414. The van der Waals surface area contributed by atoms with Crippen LogP contribution in [0.5, 0.6) is 0 Å². The maximum Gasteiger partial charge on any atom is 0.298 e. The molecule has 1 saturated heterocycles. The van der Waals surface area contributed by atoms with Crippen LogP contribution >= 0.6 is 15.9 Å². The second kappa shape index (κ2) is 4.28. The molecule has 0 aliphatic carbocycles. The minimum Gasteiger partial charge on any atom is -0.271 e. The highest BCUT2D eigenvalue weighted by Crippen LogP contribution is 2.16. The topological polar surface area (TPSA) is 60.2 Å². The molecule has 0 atom stereocenters. The molecule has 15 heavy (non-hydrogen) atoms. The molecule has 1 aromatic heterocycles. The van der Waals surface area contributed by atoms with E-state index in [0.717, 1.165) is 12.8 Å². The number of aryl methyl sites for hydroxylation is 1. The van der Waals surface area contributed by atoms with E-state index in [0.29, 0.717) is 23.4 Å². The van der Waals surface area contributed by atoms with Crippen molar-refractivity contribution in [2.24, 2.45) is 7.05 Å². The highest BCUT2D eigenvalue weighted by molar-refractivity contribution is 9.10. The fraction of sp³-hybridized carbons (Fsp3) is 0.625. The predicted octanol–water partition coefficient (Wildman–Crippen LogP) is 0.745. The molecule has 0 radical (unpaired) electrons. The van der Waals surface area contributed by atoms with Gasteiger partial charge in [0.05, 0.1) is 6.61 Å². The van der Waals surface area contributed by atoms with E-state index < -0.39 is 0 Å². The molecule has 1 aliphatic heterocycles. The molecule has 2 rings (SSSR count). The van der Waals surface area contributed by atoms with Gasteiger partial charge in [0.2, 0.25) is 0 Å². The first-order valence-electron chi connectivity index (χ1n) is 4.70. The summed E-state index contributed by atoms with van der Waals surface area (Å²) < 4.78 is 1.88. The van der Waals surface area contributed by atoms with E-state index in [1.54, 1.807) is 7.05 Å². The molecule has 0 unspecified atom stereocenters. The lowest BCUT2D eigenvalue weighted by molar-refractivity contribution is -0.144. The van der Waals surface area contributed by atoms with E-state index in [9.17, 15) is 4.79 Å². The zero-order chi connectivity index (χ0) is 10.8. The Morgan fingerprint density at radius 1 is 1.53 bits per heavy atom. The second-order valence-electron chi connectivity index (χ2n) is 3.30. The Kier molecular flexibility index (Phi) is 3.01. The van der Waals surface area contributed by atoms with Gasteiger partial charge < -0.3 is 0 Å². The Labute approximate surface area is 95.3 Å². The van der Waals surface area contributed by atoms with Gasteiger partial charge in [-0.15, -0.1) is 5.10 Å². The number of hydrogen-bond donors (Lipinski definition) is 0. The second-order valence-corrected chi connectivity index (χ2v) is 4.05. The van der Waals surface area contributed by atoms with E-state index >= 15 is 0 Å². The van der Waals surface area contributed by atoms with Crippen LogP contribution in [-0.4, -0.2) is 39.1 Å². The van der Waals surface area contributed by atoms with Crippen LogP contribution in [-0.2, 0) is 11.9 Å². The quantitative estimate of drug-likeness (QED) is 0.758. The molecule has 0 spiro atoms. The standard InChI is InChI=1S/C8H11BrN4O2/c1-12-6(7(9)10-11-12)8(14)13-4-2-3-5-15-13/h2-5H2,1H3. The van der Waals surface area contributed by atoms with Gasteiger partial charge in [-0.1, -0.05) is 5.21 Å².